The van der Waals surface area contributed by atoms with Gasteiger partial charge in [0.1, 0.15) is 11.2 Å². The molecular formula is C25H30ClN3O6S. The molecular weight excluding hydrogens is 506 g/mol. The van der Waals surface area contributed by atoms with E-state index in [2.05, 4.69) is 4.98 Å². The molecule has 0 saturated carbocycles. The molecule has 3 aromatic rings. The molecule has 0 atom stereocenters. The number of pyridine rings is 1. The first-order valence-electron chi connectivity index (χ1n) is 11.1. The lowest BCUT2D eigenvalue weighted by atomic mass is 10.1. The van der Waals surface area contributed by atoms with Crippen LogP contribution in [-0.4, -0.2) is 51.9 Å². The summed E-state index contributed by atoms with van der Waals surface area (Å²) >= 11 is 6.20. The van der Waals surface area contributed by atoms with E-state index in [0.717, 1.165) is 11.6 Å². The predicted octanol–water partition coefficient (Wildman–Crippen LogP) is 5.84. The van der Waals surface area contributed by atoms with Gasteiger partial charge in [-0.3, -0.25) is 4.98 Å². The topological polar surface area (TPSA) is 108 Å². The van der Waals surface area contributed by atoms with Crippen LogP contribution < -0.4 is 0 Å². The Morgan fingerprint density at radius 2 is 1.64 bits per heavy atom. The largest absolute Gasteiger partial charge is 0.443 e. The van der Waals surface area contributed by atoms with Crippen molar-refractivity contribution in [2.24, 2.45) is 0 Å². The molecule has 11 heteroatoms. The summed E-state index contributed by atoms with van der Waals surface area (Å²) in [4.78, 5) is 30.0. The number of amides is 1. The molecule has 2 aromatic heterocycles. The second-order valence-corrected chi connectivity index (χ2v) is 12.7. The van der Waals surface area contributed by atoms with Gasteiger partial charge in [-0.05, 0) is 71.4 Å². The molecule has 0 radical (unpaired) electrons. The van der Waals surface area contributed by atoms with E-state index in [4.69, 9.17) is 21.1 Å². The van der Waals surface area contributed by atoms with Crippen molar-refractivity contribution < 1.29 is 27.5 Å². The highest BCUT2D eigenvalue weighted by Gasteiger charge is 2.29. The average molecular weight is 536 g/mol. The molecule has 1 aromatic carbocycles. The fourth-order valence-electron chi connectivity index (χ4n) is 3.40. The Morgan fingerprint density at radius 3 is 2.22 bits per heavy atom. The van der Waals surface area contributed by atoms with E-state index < -0.39 is 33.4 Å². The van der Waals surface area contributed by atoms with Crippen molar-refractivity contribution in [3.63, 3.8) is 0 Å². The third kappa shape index (κ3) is 6.76. The summed E-state index contributed by atoms with van der Waals surface area (Å²) in [5.74, 6) is 0. The lowest BCUT2D eigenvalue weighted by molar-refractivity contribution is 0.0382. The Hall–Kier alpha value is -3.11. The first kappa shape index (κ1) is 27.5. The molecule has 0 aliphatic heterocycles. The van der Waals surface area contributed by atoms with Crippen LogP contribution in [0.3, 0.4) is 0 Å². The van der Waals surface area contributed by atoms with Gasteiger partial charge < -0.3 is 9.47 Å². The summed E-state index contributed by atoms with van der Waals surface area (Å²) < 4.78 is 37.7. The van der Waals surface area contributed by atoms with Crippen molar-refractivity contribution in [2.45, 2.75) is 59.3 Å². The summed E-state index contributed by atoms with van der Waals surface area (Å²) in [6, 6.07) is 8.61. The van der Waals surface area contributed by atoms with E-state index in [0.29, 0.717) is 31.7 Å². The van der Waals surface area contributed by atoms with Crippen LogP contribution in [-0.2, 0) is 26.0 Å². The zero-order valence-electron chi connectivity index (χ0n) is 21.3. The van der Waals surface area contributed by atoms with Crippen LogP contribution in [0, 0.1) is 0 Å². The van der Waals surface area contributed by atoms with Gasteiger partial charge in [-0.25, -0.2) is 26.9 Å². The molecule has 0 unspecified atom stereocenters. The minimum absolute atomic E-state index is 0.299. The van der Waals surface area contributed by atoms with Crippen LogP contribution >= 0.6 is 11.6 Å². The summed E-state index contributed by atoms with van der Waals surface area (Å²) in [5, 5.41) is 1.20. The maximum absolute atomic E-state index is 13.2. The smallest absolute Gasteiger partial charge is 0.424 e. The molecule has 0 spiro atoms. The molecule has 9 nitrogen and oxygen atoms in total. The molecule has 36 heavy (non-hydrogen) atoms. The Bertz CT molecular complexity index is 1420. The molecule has 0 fully saturated rings. The lowest BCUT2D eigenvalue weighted by Gasteiger charge is -2.26. The number of sulfonamides is 1. The van der Waals surface area contributed by atoms with Crippen molar-refractivity contribution in [1.29, 1.82) is 0 Å². The van der Waals surface area contributed by atoms with Gasteiger partial charge in [0.15, 0.2) is 0 Å². The van der Waals surface area contributed by atoms with E-state index in [9.17, 15) is 18.0 Å². The van der Waals surface area contributed by atoms with Gasteiger partial charge in [0.2, 0.25) is 10.0 Å². The van der Waals surface area contributed by atoms with E-state index in [1.165, 1.54) is 10.8 Å². The molecule has 0 aliphatic carbocycles. The number of carbonyl (C=O) groups is 2. The molecule has 194 valence electrons. The van der Waals surface area contributed by atoms with Crippen molar-refractivity contribution in [2.75, 3.05) is 6.26 Å². The molecule has 0 N–H and O–H groups in total. The number of hydrogen-bond donors (Lipinski definition) is 0. The Balaban J connectivity index is 2.08. The number of ether oxygens (including phenoxy) is 2. The summed E-state index contributed by atoms with van der Waals surface area (Å²) in [6.45, 7) is 9.94. The van der Waals surface area contributed by atoms with Crippen molar-refractivity contribution in [3.8, 4) is 11.3 Å². The zero-order chi connectivity index (χ0) is 27.1. The van der Waals surface area contributed by atoms with Gasteiger partial charge in [0.05, 0.1) is 24.0 Å². The number of halogens is 1. The van der Waals surface area contributed by atoms with Crippen molar-refractivity contribution in [1.82, 2.24) is 13.9 Å². The molecule has 2 heterocycles. The average Bonchev–Trinajstić information content (AvgIpc) is 3.07. The number of hydrogen-bond acceptors (Lipinski definition) is 7. The van der Waals surface area contributed by atoms with E-state index in [1.54, 1.807) is 78.1 Å². The number of aromatic nitrogens is 2. The minimum atomic E-state index is -3.94. The number of rotatable bonds is 4. The van der Waals surface area contributed by atoms with Crippen LogP contribution in [0.25, 0.3) is 22.2 Å². The van der Waals surface area contributed by atoms with Crippen LogP contribution in [0.5, 0.6) is 0 Å². The van der Waals surface area contributed by atoms with Gasteiger partial charge in [-0.2, -0.15) is 0 Å². The predicted molar refractivity (Wildman–Crippen MR) is 138 cm³/mol. The van der Waals surface area contributed by atoms with E-state index in [-0.39, 0.29) is 6.54 Å². The van der Waals surface area contributed by atoms with Gasteiger partial charge in [0, 0.05) is 28.4 Å². The quantitative estimate of drug-likeness (QED) is 0.413. The van der Waals surface area contributed by atoms with Gasteiger partial charge in [-0.15, -0.1) is 0 Å². The maximum atomic E-state index is 13.2. The molecule has 1 amide bonds. The second kappa shape index (κ2) is 9.74. The van der Waals surface area contributed by atoms with Crippen LogP contribution in [0.4, 0.5) is 9.59 Å². The lowest BCUT2D eigenvalue weighted by Crippen LogP contribution is -2.39. The van der Waals surface area contributed by atoms with Crippen molar-refractivity contribution >= 4 is 44.7 Å². The highest BCUT2D eigenvalue weighted by atomic mass is 35.5. The van der Waals surface area contributed by atoms with Crippen molar-refractivity contribution in [3.05, 3.63) is 53.3 Å². The van der Waals surface area contributed by atoms with Crippen LogP contribution in [0.2, 0.25) is 5.02 Å². The van der Waals surface area contributed by atoms with Crippen LogP contribution in [0.1, 0.15) is 47.1 Å². The third-order valence-electron chi connectivity index (χ3n) is 4.76. The number of nitrogens with zero attached hydrogens (tertiary/aromatic N) is 3. The SMILES string of the molecule is CC(C)(C)OC(=O)N(Cc1cncc(-c2cc3ccc(Cl)cc3n2C(=O)OC(C)(C)C)c1)S(C)(=O)=O. The van der Waals surface area contributed by atoms with Crippen LogP contribution in [0.15, 0.2) is 42.7 Å². The van der Waals surface area contributed by atoms with Gasteiger partial charge in [-0.1, -0.05) is 17.7 Å². The third-order valence-corrected chi connectivity index (χ3v) is 6.07. The molecule has 0 bridgehead atoms. The number of benzene rings is 1. The maximum Gasteiger partial charge on any atom is 0.424 e. The summed E-state index contributed by atoms with van der Waals surface area (Å²) in [5.41, 5.74) is 0.330. The Kier molecular flexibility index (Phi) is 7.44. The molecule has 0 saturated heterocycles. The molecule has 3 rings (SSSR count). The Morgan fingerprint density at radius 1 is 1.00 bits per heavy atom. The first-order chi connectivity index (χ1) is 16.4. The fraction of sp³-hybridized carbons (Fsp3) is 0.400. The number of carbonyl (C=O) groups excluding carboxylic acids is 2. The number of fused-ring (bicyclic) bond motifs is 1. The van der Waals surface area contributed by atoms with E-state index >= 15 is 0 Å². The van der Waals surface area contributed by atoms with E-state index in [1.807, 2.05) is 0 Å². The monoisotopic (exact) mass is 535 g/mol. The fourth-order valence-corrected chi connectivity index (χ4v) is 4.26. The summed E-state index contributed by atoms with van der Waals surface area (Å²) in [7, 11) is -3.94. The van der Waals surface area contributed by atoms with Gasteiger partial charge in [0.25, 0.3) is 0 Å². The standard InChI is InChI=1S/C25H30ClN3O6S/c1-24(2,3)34-22(30)28(36(7,32)33)15-16-10-18(14-27-13-16)20-11-17-8-9-19(26)12-21(17)29(20)23(31)35-25(4,5)6/h8-14H,15H2,1-7H3. The summed E-state index contributed by atoms with van der Waals surface area (Å²) in [6.07, 6.45) is 2.32. The zero-order valence-corrected chi connectivity index (χ0v) is 22.9. The van der Waals surface area contributed by atoms with Gasteiger partial charge >= 0.3 is 12.2 Å². The normalized spacial score (nSPS) is 12.4. The highest BCUT2D eigenvalue weighted by Crippen LogP contribution is 2.31. The second-order valence-electron chi connectivity index (χ2n) is 10.4. The Labute approximate surface area is 216 Å². The molecule has 0 aliphatic rings. The first-order valence-corrected chi connectivity index (χ1v) is 13.4. The highest BCUT2D eigenvalue weighted by molar-refractivity contribution is 7.88. The minimum Gasteiger partial charge on any atom is -0.443 e.